The first-order chi connectivity index (χ1) is 10.00. The van der Waals surface area contributed by atoms with Gasteiger partial charge < -0.3 is 4.74 Å². The van der Waals surface area contributed by atoms with Gasteiger partial charge in [-0.25, -0.2) is 0 Å². The number of rotatable bonds is 3. The number of esters is 1. The molecule has 1 aliphatic carbocycles. The van der Waals surface area contributed by atoms with Gasteiger partial charge in [0.15, 0.2) is 0 Å². The fraction of sp³-hybridized carbons (Fsp3) is 0.235. The van der Waals surface area contributed by atoms with Crippen molar-refractivity contribution in [3.05, 3.63) is 65.7 Å². The molecule has 2 aromatic carbocycles. The predicted molar refractivity (Wildman–Crippen MR) is 84.1 cm³/mol. The summed E-state index contributed by atoms with van der Waals surface area (Å²) in [6, 6.07) is 17.4. The van der Waals surface area contributed by atoms with E-state index >= 15 is 0 Å². The molecule has 0 radical (unpaired) electrons. The lowest BCUT2D eigenvalue weighted by Crippen LogP contribution is -2.01. The van der Waals surface area contributed by atoms with E-state index in [1.165, 1.54) is 6.92 Å². The van der Waals surface area contributed by atoms with E-state index in [0.717, 1.165) is 11.1 Å². The molecule has 4 heteroatoms. The fourth-order valence-corrected chi connectivity index (χ4v) is 3.61. The zero-order valence-electron chi connectivity index (χ0n) is 11.4. The van der Waals surface area contributed by atoms with Crippen molar-refractivity contribution in [3.63, 3.8) is 0 Å². The Morgan fingerprint density at radius 3 is 2.00 bits per heavy atom. The van der Waals surface area contributed by atoms with E-state index in [1.807, 2.05) is 42.5 Å². The average Bonchev–Trinajstić information content (AvgIpc) is 3.03. The monoisotopic (exact) mass is 320 g/mol. The molecule has 0 N–H and O–H groups in total. The Kier molecular flexibility index (Phi) is 3.68. The Morgan fingerprint density at radius 1 is 0.952 bits per heavy atom. The summed E-state index contributed by atoms with van der Waals surface area (Å²) in [7, 11) is 0. The van der Waals surface area contributed by atoms with Crippen LogP contribution in [0.15, 0.2) is 54.6 Å². The van der Waals surface area contributed by atoms with Crippen LogP contribution in [0.2, 0.25) is 0 Å². The quantitative estimate of drug-likeness (QED) is 0.467. The third-order valence-corrected chi connectivity index (χ3v) is 4.65. The number of halogens is 2. The highest BCUT2D eigenvalue weighted by molar-refractivity contribution is 6.52. The van der Waals surface area contributed by atoms with Crippen LogP contribution < -0.4 is 4.74 Å². The molecule has 0 spiro atoms. The Bertz CT molecular complexity index is 650. The van der Waals surface area contributed by atoms with Gasteiger partial charge in [-0.15, -0.1) is 23.2 Å². The van der Waals surface area contributed by atoms with Crippen LogP contribution in [0.5, 0.6) is 5.75 Å². The number of hydrogen-bond donors (Lipinski definition) is 0. The van der Waals surface area contributed by atoms with E-state index in [0.29, 0.717) is 5.75 Å². The molecule has 0 aromatic heterocycles. The normalized spacial score (nSPS) is 22.6. The molecule has 2 aromatic rings. The van der Waals surface area contributed by atoms with Crippen molar-refractivity contribution in [1.29, 1.82) is 0 Å². The second-order valence-electron chi connectivity index (χ2n) is 5.20. The molecular formula is C17H14Cl2O2. The standard InChI is InChI=1S/C17H14Cl2O2/c1-11(20)21-14-9-7-13(8-10-14)16-15(17(16,18)19)12-5-3-2-4-6-12/h2-10,15-16H,1H3/t15-,16+/m0/s1. The zero-order valence-corrected chi connectivity index (χ0v) is 12.9. The van der Waals surface area contributed by atoms with Gasteiger partial charge >= 0.3 is 5.97 Å². The zero-order chi connectivity index (χ0) is 15.0. The van der Waals surface area contributed by atoms with E-state index in [1.54, 1.807) is 12.1 Å². The fourth-order valence-electron chi connectivity index (χ4n) is 2.73. The lowest BCUT2D eigenvalue weighted by Gasteiger charge is -2.04. The first-order valence-corrected chi connectivity index (χ1v) is 7.47. The molecule has 3 rings (SSSR count). The van der Waals surface area contributed by atoms with Gasteiger partial charge in [0.05, 0.1) is 0 Å². The summed E-state index contributed by atoms with van der Waals surface area (Å²) in [5.41, 5.74) is 2.18. The van der Waals surface area contributed by atoms with Crippen molar-refractivity contribution >= 4 is 29.2 Å². The maximum atomic E-state index is 10.9. The molecule has 1 saturated carbocycles. The van der Waals surface area contributed by atoms with Gasteiger partial charge in [0.1, 0.15) is 10.1 Å². The molecule has 0 unspecified atom stereocenters. The van der Waals surface area contributed by atoms with E-state index < -0.39 is 4.33 Å². The number of hydrogen-bond acceptors (Lipinski definition) is 2. The van der Waals surface area contributed by atoms with Crippen molar-refractivity contribution < 1.29 is 9.53 Å². The van der Waals surface area contributed by atoms with Crippen molar-refractivity contribution in [2.45, 2.75) is 23.1 Å². The summed E-state index contributed by atoms with van der Waals surface area (Å²) in [4.78, 5) is 10.9. The van der Waals surface area contributed by atoms with Crippen LogP contribution in [0.1, 0.15) is 29.9 Å². The number of carbonyl (C=O) groups excluding carboxylic acids is 1. The predicted octanol–water partition coefficient (Wildman–Crippen LogP) is 4.67. The van der Waals surface area contributed by atoms with Crippen LogP contribution >= 0.6 is 23.2 Å². The summed E-state index contributed by atoms with van der Waals surface area (Å²) < 4.78 is 4.24. The Hall–Kier alpha value is -1.51. The van der Waals surface area contributed by atoms with E-state index in [9.17, 15) is 4.79 Å². The Morgan fingerprint density at radius 2 is 1.48 bits per heavy atom. The molecule has 0 saturated heterocycles. The lowest BCUT2D eigenvalue weighted by molar-refractivity contribution is -0.131. The maximum Gasteiger partial charge on any atom is 0.308 e. The number of benzene rings is 2. The van der Waals surface area contributed by atoms with E-state index in [-0.39, 0.29) is 17.8 Å². The molecular weight excluding hydrogens is 307 g/mol. The summed E-state index contributed by atoms with van der Waals surface area (Å²) in [5, 5.41) is 0. The minimum absolute atomic E-state index is 0.0506. The lowest BCUT2D eigenvalue weighted by atomic mass is 10.0. The molecule has 2 atom stereocenters. The molecule has 108 valence electrons. The van der Waals surface area contributed by atoms with Gasteiger partial charge in [-0.1, -0.05) is 42.5 Å². The number of ether oxygens (including phenoxy) is 1. The molecule has 1 aliphatic rings. The van der Waals surface area contributed by atoms with E-state index in [4.69, 9.17) is 27.9 Å². The van der Waals surface area contributed by atoms with Crippen molar-refractivity contribution in [2.75, 3.05) is 0 Å². The van der Waals surface area contributed by atoms with Crippen LogP contribution in [0.25, 0.3) is 0 Å². The SMILES string of the molecule is CC(=O)Oc1ccc([C@@H]2[C@H](c3ccccc3)C2(Cl)Cl)cc1. The van der Waals surface area contributed by atoms with Gasteiger partial charge in [0.2, 0.25) is 0 Å². The largest absolute Gasteiger partial charge is 0.427 e. The first kappa shape index (κ1) is 14.4. The van der Waals surface area contributed by atoms with Crippen molar-refractivity contribution in [2.24, 2.45) is 0 Å². The highest BCUT2D eigenvalue weighted by Crippen LogP contribution is 2.70. The highest BCUT2D eigenvalue weighted by Gasteiger charge is 2.64. The van der Waals surface area contributed by atoms with Gasteiger partial charge in [-0.2, -0.15) is 0 Å². The number of carbonyl (C=O) groups is 1. The molecule has 0 bridgehead atoms. The molecule has 21 heavy (non-hydrogen) atoms. The van der Waals surface area contributed by atoms with Crippen molar-refractivity contribution in [3.8, 4) is 5.75 Å². The minimum atomic E-state index is -0.787. The Balaban J connectivity index is 1.83. The summed E-state index contributed by atoms with van der Waals surface area (Å²) in [5.74, 6) is 0.328. The van der Waals surface area contributed by atoms with Crippen LogP contribution in [0.3, 0.4) is 0 Å². The second-order valence-corrected chi connectivity index (χ2v) is 6.65. The second kappa shape index (κ2) is 5.36. The molecule has 0 amide bonds. The average molecular weight is 321 g/mol. The first-order valence-electron chi connectivity index (χ1n) is 6.71. The van der Waals surface area contributed by atoms with Gasteiger partial charge in [-0.05, 0) is 23.3 Å². The topological polar surface area (TPSA) is 26.3 Å². The Labute approximate surface area is 133 Å². The molecule has 2 nitrogen and oxygen atoms in total. The minimum Gasteiger partial charge on any atom is -0.427 e. The summed E-state index contributed by atoms with van der Waals surface area (Å²) in [6.45, 7) is 1.38. The molecule has 0 aliphatic heterocycles. The third kappa shape index (κ3) is 2.78. The van der Waals surface area contributed by atoms with Crippen molar-refractivity contribution in [1.82, 2.24) is 0 Å². The summed E-state index contributed by atoms with van der Waals surface area (Å²) in [6.07, 6.45) is 0. The highest BCUT2D eigenvalue weighted by atomic mass is 35.5. The number of alkyl halides is 2. The van der Waals surface area contributed by atoms with Crippen LogP contribution in [-0.4, -0.2) is 10.3 Å². The molecule has 1 fully saturated rings. The third-order valence-electron chi connectivity index (χ3n) is 3.71. The van der Waals surface area contributed by atoms with E-state index in [2.05, 4.69) is 0 Å². The van der Waals surface area contributed by atoms with Gasteiger partial charge in [0.25, 0.3) is 0 Å². The van der Waals surface area contributed by atoms with Crippen LogP contribution in [0.4, 0.5) is 0 Å². The summed E-state index contributed by atoms with van der Waals surface area (Å²) >= 11 is 12.9. The smallest absolute Gasteiger partial charge is 0.308 e. The molecule has 0 heterocycles. The van der Waals surface area contributed by atoms with Gasteiger partial charge in [0, 0.05) is 18.8 Å². The maximum absolute atomic E-state index is 10.9. The van der Waals surface area contributed by atoms with Crippen LogP contribution in [-0.2, 0) is 4.79 Å². The van der Waals surface area contributed by atoms with Gasteiger partial charge in [-0.3, -0.25) is 4.79 Å². The van der Waals surface area contributed by atoms with Crippen LogP contribution in [0, 0.1) is 0 Å².